The minimum absolute atomic E-state index is 0.0699. The van der Waals surface area contributed by atoms with Gasteiger partial charge in [0.2, 0.25) is 0 Å². The molecule has 0 bridgehead atoms. The zero-order valence-electron chi connectivity index (χ0n) is 10.9. The third kappa shape index (κ3) is 2.67. The van der Waals surface area contributed by atoms with E-state index in [-0.39, 0.29) is 23.5 Å². The van der Waals surface area contributed by atoms with Gasteiger partial charge in [0, 0.05) is 30.9 Å². The molecule has 0 saturated carbocycles. The lowest BCUT2D eigenvalue weighted by molar-refractivity contribution is -0.384. The molecule has 0 radical (unpaired) electrons. The van der Waals surface area contributed by atoms with Gasteiger partial charge >= 0.3 is 5.97 Å². The Labute approximate surface area is 111 Å². The maximum Gasteiger partial charge on any atom is 0.310 e. The van der Waals surface area contributed by atoms with Crippen molar-refractivity contribution in [3.63, 3.8) is 0 Å². The molecule has 0 aliphatic carbocycles. The molecular formula is C13H16N2O4. The summed E-state index contributed by atoms with van der Waals surface area (Å²) in [6, 6.07) is 6.38. The van der Waals surface area contributed by atoms with Crippen LogP contribution < -0.4 is 4.90 Å². The van der Waals surface area contributed by atoms with Gasteiger partial charge in [-0.3, -0.25) is 14.9 Å². The molecule has 1 aromatic carbocycles. The van der Waals surface area contributed by atoms with Crippen molar-refractivity contribution in [2.24, 2.45) is 11.8 Å². The van der Waals surface area contributed by atoms with Gasteiger partial charge in [0.05, 0.1) is 18.0 Å². The number of anilines is 1. The van der Waals surface area contributed by atoms with Crippen LogP contribution in [-0.4, -0.2) is 31.1 Å². The van der Waals surface area contributed by atoms with E-state index in [2.05, 4.69) is 4.90 Å². The number of hydrogen-bond acceptors (Lipinski definition) is 5. The fourth-order valence-corrected chi connectivity index (χ4v) is 2.42. The summed E-state index contributed by atoms with van der Waals surface area (Å²) in [5.41, 5.74) is 0.962. The first kappa shape index (κ1) is 13.3. The maximum atomic E-state index is 11.6. The van der Waals surface area contributed by atoms with E-state index in [1.54, 1.807) is 12.1 Å². The second kappa shape index (κ2) is 5.26. The summed E-state index contributed by atoms with van der Waals surface area (Å²) in [6.45, 7) is 3.34. The van der Waals surface area contributed by atoms with Crippen LogP contribution >= 0.6 is 0 Å². The number of carbonyl (C=O) groups is 1. The average Bonchev–Trinajstić information content (AvgIpc) is 2.80. The molecule has 6 nitrogen and oxygen atoms in total. The number of nitro groups is 1. The van der Waals surface area contributed by atoms with Crippen molar-refractivity contribution in [3.8, 4) is 0 Å². The third-order valence-corrected chi connectivity index (χ3v) is 3.54. The summed E-state index contributed by atoms with van der Waals surface area (Å²) >= 11 is 0. The molecule has 1 saturated heterocycles. The van der Waals surface area contributed by atoms with Crippen LogP contribution in [0.15, 0.2) is 24.3 Å². The summed E-state index contributed by atoms with van der Waals surface area (Å²) in [7, 11) is 1.39. The van der Waals surface area contributed by atoms with Gasteiger partial charge in [-0.25, -0.2) is 0 Å². The van der Waals surface area contributed by atoms with Crippen LogP contribution in [-0.2, 0) is 9.53 Å². The SMILES string of the molecule is COC(=O)C1CN(c2ccc([N+](=O)[O-])cc2)CC1C. The van der Waals surface area contributed by atoms with Gasteiger partial charge in [-0.1, -0.05) is 6.92 Å². The van der Waals surface area contributed by atoms with Gasteiger partial charge < -0.3 is 9.64 Å². The number of hydrogen-bond donors (Lipinski definition) is 0. The summed E-state index contributed by atoms with van der Waals surface area (Å²) in [4.78, 5) is 23.8. The fourth-order valence-electron chi connectivity index (χ4n) is 2.42. The Bertz CT molecular complexity index is 486. The van der Waals surface area contributed by atoms with E-state index in [9.17, 15) is 14.9 Å². The second-order valence-corrected chi connectivity index (χ2v) is 4.79. The van der Waals surface area contributed by atoms with Crippen LogP contribution in [0.5, 0.6) is 0 Å². The molecule has 2 unspecified atom stereocenters. The Morgan fingerprint density at radius 3 is 2.53 bits per heavy atom. The fraction of sp³-hybridized carbons (Fsp3) is 0.462. The van der Waals surface area contributed by atoms with E-state index >= 15 is 0 Å². The number of ether oxygens (including phenoxy) is 1. The number of methoxy groups -OCH3 is 1. The van der Waals surface area contributed by atoms with Crippen molar-refractivity contribution < 1.29 is 14.5 Å². The smallest absolute Gasteiger partial charge is 0.310 e. The largest absolute Gasteiger partial charge is 0.469 e. The van der Waals surface area contributed by atoms with Crippen LogP contribution in [0, 0.1) is 22.0 Å². The Balaban J connectivity index is 2.11. The highest BCUT2D eigenvalue weighted by molar-refractivity contribution is 5.74. The molecule has 2 atom stereocenters. The van der Waals surface area contributed by atoms with Gasteiger partial charge in [0.25, 0.3) is 5.69 Å². The molecule has 6 heteroatoms. The molecule has 1 aliphatic rings. The molecule has 0 N–H and O–H groups in total. The first-order chi connectivity index (χ1) is 9.02. The Kier molecular flexibility index (Phi) is 3.69. The van der Waals surface area contributed by atoms with Crippen LogP contribution in [0.4, 0.5) is 11.4 Å². The Morgan fingerprint density at radius 2 is 2.00 bits per heavy atom. The monoisotopic (exact) mass is 264 g/mol. The summed E-state index contributed by atoms with van der Waals surface area (Å²) in [5.74, 6) is -0.125. The van der Waals surface area contributed by atoms with Crippen molar-refractivity contribution in [1.29, 1.82) is 0 Å². The van der Waals surface area contributed by atoms with Crippen LogP contribution in [0.1, 0.15) is 6.92 Å². The van der Waals surface area contributed by atoms with E-state index < -0.39 is 4.92 Å². The predicted molar refractivity (Wildman–Crippen MR) is 70.0 cm³/mol. The highest BCUT2D eigenvalue weighted by Crippen LogP contribution is 2.29. The topological polar surface area (TPSA) is 72.7 Å². The molecule has 1 heterocycles. The van der Waals surface area contributed by atoms with Crippen LogP contribution in [0.2, 0.25) is 0 Å². The highest BCUT2D eigenvalue weighted by Gasteiger charge is 2.35. The van der Waals surface area contributed by atoms with Crippen LogP contribution in [0.3, 0.4) is 0 Å². The zero-order valence-corrected chi connectivity index (χ0v) is 10.9. The quantitative estimate of drug-likeness (QED) is 0.473. The minimum atomic E-state index is -0.423. The summed E-state index contributed by atoms with van der Waals surface area (Å²) < 4.78 is 4.78. The molecule has 1 aliphatic heterocycles. The number of esters is 1. The van der Waals surface area contributed by atoms with E-state index in [1.807, 2.05) is 6.92 Å². The van der Waals surface area contributed by atoms with Gasteiger partial charge in [-0.05, 0) is 18.1 Å². The molecule has 0 aromatic heterocycles. The van der Waals surface area contributed by atoms with Gasteiger partial charge in [0.15, 0.2) is 0 Å². The van der Waals surface area contributed by atoms with E-state index in [1.165, 1.54) is 19.2 Å². The molecular weight excluding hydrogens is 248 g/mol. The molecule has 2 rings (SSSR count). The molecule has 19 heavy (non-hydrogen) atoms. The lowest BCUT2D eigenvalue weighted by Gasteiger charge is -2.17. The first-order valence-electron chi connectivity index (χ1n) is 6.10. The zero-order chi connectivity index (χ0) is 14.0. The molecule has 0 amide bonds. The number of rotatable bonds is 3. The number of non-ortho nitro benzene ring substituents is 1. The summed E-state index contributed by atoms with van der Waals surface area (Å²) in [5, 5.41) is 10.6. The summed E-state index contributed by atoms with van der Waals surface area (Å²) in [6.07, 6.45) is 0. The van der Waals surface area contributed by atoms with Crippen molar-refractivity contribution in [1.82, 2.24) is 0 Å². The molecule has 0 spiro atoms. The molecule has 102 valence electrons. The van der Waals surface area contributed by atoms with E-state index in [0.29, 0.717) is 6.54 Å². The highest BCUT2D eigenvalue weighted by atomic mass is 16.6. The van der Waals surface area contributed by atoms with Crippen LogP contribution in [0.25, 0.3) is 0 Å². The van der Waals surface area contributed by atoms with Crippen molar-refractivity contribution >= 4 is 17.3 Å². The molecule has 1 fully saturated rings. The Hall–Kier alpha value is -2.11. The van der Waals surface area contributed by atoms with Crippen molar-refractivity contribution in [3.05, 3.63) is 34.4 Å². The van der Waals surface area contributed by atoms with Gasteiger partial charge in [0.1, 0.15) is 0 Å². The number of carbonyl (C=O) groups excluding carboxylic acids is 1. The third-order valence-electron chi connectivity index (χ3n) is 3.54. The average molecular weight is 264 g/mol. The van der Waals surface area contributed by atoms with E-state index in [4.69, 9.17) is 4.74 Å². The minimum Gasteiger partial charge on any atom is -0.469 e. The van der Waals surface area contributed by atoms with E-state index in [0.717, 1.165) is 12.2 Å². The standard InChI is InChI=1S/C13H16N2O4/c1-9-7-14(8-12(9)13(16)19-2)10-3-5-11(6-4-10)15(17)18/h3-6,9,12H,7-8H2,1-2H3. The number of nitrogens with zero attached hydrogens (tertiary/aromatic N) is 2. The maximum absolute atomic E-state index is 11.6. The first-order valence-corrected chi connectivity index (χ1v) is 6.10. The lowest BCUT2D eigenvalue weighted by atomic mass is 9.99. The predicted octanol–water partition coefficient (Wildman–Crippen LogP) is 1.84. The van der Waals surface area contributed by atoms with Crippen molar-refractivity contribution in [2.75, 3.05) is 25.1 Å². The normalized spacial score (nSPS) is 22.3. The number of benzene rings is 1. The number of nitro benzene ring substituents is 1. The molecule has 1 aromatic rings. The van der Waals surface area contributed by atoms with Gasteiger partial charge in [-0.15, -0.1) is 0 Å². The lowest BCUT2D eigenvalue weighted by Crippen LogP contribution is -2.24. The van der Waals surface area contributed by atoms with Crippen molar-refractivity contribution in [2.45, 2.75) is 6.92 Å². The van der Waals surface area contributed by atoms with Gasteiger partial charge in [-0.2, -0.15) is 0 Å². The Morgan fingerprint density at radius 1 is 1.37 bits per heavy atom. The second-order valence-electron chi connectivity index (χ2n) is 4.79.